The van der Waals surface area contributed by atoms with Crippen molar-refractivity contribution in [2.45, 2.75) is 31.8 Å². The van der Waals surface area contributed by atoms with Crippen molar-refractivity contribution >= 4 is 10.8 Å². The largest absolute Gasteiger partial charge is 0.355 e. The topological polar surface area (TPSA) is 35.5 Å². The first-order valence-corrected chi connectivity index (χ1v) is 5.46. The lowest BCUT2D eigenvalue weighted by Crippen LogP contribution is -2.25. The van der Waals surface area contributed by atoms with Crippen LogP contribution in [0.4, 0.5) is 0 Å². The van der Waals surface area contributed by atoms with Gasteiger partial charge in [0.25, 0.3) is 0 Å². The molecule has 0 heterocycles. The van der Waals surface area contributed by atoms with E-state index in [9.17, 15) is 4.21 Å². The Bertz CT molecular complexity index is 134. The predicted molar refractivity (Wildman–Crippen MR) is 50.6 cm³/mol. The van der Waals surface area contributed by atoms with Gasteiger partial charge in [-0.3, -0.25) is 4.21 Å². The van der Waals surface area contributed by atoms with Crippen molar-refractivity contribution in [1.29, 1.82) is 0 Å². The van der Waals surface area contributed by atoms with Gasteiger partial charge < -0.3 is 9.47 Å². The van der Waals surface area contributed by atoms with E-state index in [-0.39, 0.29) is 11.5 Å². The molecule has 0 saturated heterocycles. The summed E-state index contributed by atoms with van der Waals surface area (Å²) in [6.07, 6.45) is 0.590. The molecule has 0 aromatic heterocycles. The second kappa shape index (κ2) is 6.57. The van der Waals surface area contributed by atoms with E-state index in [4.69, 9.17) is 9.47 Å². The summed E-state index contributed by atoms with van der Waals surface area (Å²) in [5.41, 5.74) is 0. The van der Waals surface area contributed by atoms with Crippen LogP contribution >= 0.6 is 0 Å². The van der Waals surface area contributed by atoms with Gasteiger partial charge >= 0.3 is 0 Å². The monoisotopic (exact) mass is 194 g/mol. The Morgan fingerprint density at radius 1 is 1.33 bits per heavy atom. The summed E-state index contributed by atoms with van der Waals surface area (Å²) in [5, 5.41) is 0.220. The smallest absolute Gasteiger partial charge is 0.168 e. The number of hydrogen-bond donors (Lipinski definition) is 0. The average molecular weight is 194 g/mol. The molecular formula is C8H18O3S. The van der Waals surface area contributed by atoms with Gasteiger partial charge in [-0.15, -0.1) is 0 Å². The van der Waals surface area contributed by atoms with Gasteiger partial charge in [-0.05, 0) is 6.42 Å². The van der Waals surface area contributed by atoms with Crippen molar-refractivity contribution < 1.29 is 13.7 Å². The van der Waals surface area contributed by atoms with Gasteiger partial charge in [0.2, 0.25) is 0 Å². The van der Waals surface area contributed by atoms with Crippen molar-refractivity contribution in [3.05, 3.63) is 0 Å². The summed E-state index contributed by atoms with van der Waals surface area (Å²) in [4.78, 5) is 0. The molecule has 0 radical (unpaired) electrons. The molecule has 0 rings (SSSR count). The molecule has 0 N–H and O–H groups in total. The van der Waals surface area contributed by atoms with Gasteiger partial charge in [0, 0.05) is 30.3 Å². The van der Waals surface area contributed by atoms with Crippen molar-refractivity contribution in [3.8, 4) is 0 Å². The molecule has 0 bridgehead atoms. The fraction of sp³-hybridized carbons (Fsp3) is 1.00. The Labute approximate surface area is 76.9 Å². The Hall–Kier alpha value is 0.0700. The van der Waals surface area contributed by atoms with Gasteiger partial charge in [-0.1, -0.05) is 13.8 Å². The van der Waals surface area contributed by atoms with Gasteiger partial charge in [0.15, 0.2) is 6.29 Å². The van der Waals surface area contributed by atoms with E-state index in [2.05, 4.69) is 0 Å². The fourth-order valence-electron chi connectivity index (χ4n) is 0.717. The third kappa shape index (κ3) is 4.18. The maximum absolute atomic E-state index is 11.5. The Balaban J connectivity index is 3.81. The van der Waals surface area contributed by atoms with Crippen LogP contribution in [0.5, 0.6) is 0 Å². The first-order chi connectivity index (χ1) is 5.65. The maximum Gasteiger partial charge on any atom is 0.168 e. The van der Waals surface area contributed by atoms with Crippen LogP contribution in [-0.2, 0) is 20.3 Å². The zero-order chi connectivity index (χ0) is 9.56. The van der Waals surface area contributed by atoms with Crippen LogP contribution in [0.15, 0.2) is 0 Å². The highest BCUT2D eigenvalue weighted by Crippen LogP contribution is 2.04. The minimum absolute atomic E-state index is 0.220. The van der Waals surface area contributed by atoms with Crippen LogP contribution in [0, 0.1) is 0 Å². The summed E-state index contributed by atoms with van der Waals surface area (Å²) in [5.74, 6) is 0.460. The third-order valence-corrected chi connectivity index (χ3v) is 3.68. The van der Waals surface area contributed by atoms with E-state index in [0.29, 0.717) is 5.75 Å². The molecular weight excluding hydrogens is 176 g/mol. The minimum atomic E-state index is -0.845. The Kier molecular flexibility index (Phi) is 6.61. The Morgan fingerprint density at radius 2 is 1.83 bits per heavy atom. The van der Waals surface area contributed by atoms with Crippen LogP contribution < -0.4 is 0 Å². The number of hydrogen-bond acceptors (Lipinski definition) is 3. The first-order valence-electron chi connectivity index (χ1n) is 4.08. The summed E-state index contributed by atoms with van der Waals surface area (Å²) in [6, 6.07) is 0. The summed E-state index contributed by atoms with van der Waals surface area (Å²) in [6.45, 7) is 4.00. The van der Waals surface area contributed by atoms with Gasteiger partial charge in [-0.25, -0.2) is 0 Å². The molecule has 2 atom stereocenters. The molecule has 0 fully saturated rings. The van der Waals surface area contributed by atoms with Crippen molar-refractivity contribution in [2.24, 2.45) is 0 Å². The maximum atomic E-state index is 11.5. The SMILES string of the molecule is CCC(C)S(=O)CC(OC)OC. The molecule has 4 heteroatoms. The molecule has 12 heavy (non-hydrogen) atoms. The first kappa shape index (κ1) is 12.1. The van der Waals surface area contributed by atoms with Crippen LogP contribution in [-0.4, -0.2) is 35.7 Å². The number of ether oxygens (including phenoxy) is 2. The molecule has 0 amide bonds. The summed E-state index contributed by atoms with van der Waals surface area (Å²) >= 11 is 0. The second-order valence-corrected chi connectivity index (χ2v) is 4.57. The summed E-state index contributed by atoms with van der Waals surface area (Å²) in [7, 11) is 2.27. The average Bonchev–Trinajstić information content (AvgIpc) is 2.12. The summed E-state index contributed by atoms with van der Waals surface area (Å²) < 4.78 is 21.4. The van der Waals surface area contributed by atoms with Crippen molar-refractivity contribution in [1.82, 2.24) is 0 Å². The standard InChI is InChI=1S/C8H18O3S/c1-5-7(2)12(9)6-8(10-3)11-4/h7-8H,5-6H2,1-4H3. The molecule has 0 aliphatic rings. The minimum Gasteiger partial charge on any atom is -0.355 e. The highest BCUT2D eigenvalue weighted by atomic mass is 32.2. The fourth-order valence-corrected chi connectivity index (χ4v) is 1.96. The second-order valence-electron chi connectivity index (χ2n) is 2.67. The van der Waals surface area contributed by atoms with Crippen molar-refractivity contribution in [3.63, 3.8) is 0 Å². The predicted octanol–water partition coefficient (Wildman–Crippen LogP) is 1.15. The quantitative estimate of drug-likeness (QED) is 0.595. The molecule has 74 valence electrons. The van der Waals surface area contributed by atoms with Crippen molar-refractivity contribution in [2.75, 3.05) is 20.0 Å². The lowest BCUT2D eigenvalue weighted by atomic mass is 10.4. The molecule has 0 aliphatic carbocycles. The molecule has 2 unspecified atom stereocenters. The van der Waals surface area contributed by atoms with Crippen LogP contribution in [0.1, 0.15) is 20.3 Å². The molecule has 0 aliphatic heterocycles. The molecule has 0 aromatic rings. The van der Waals surface area contributed by atoms with Crippen LogP contribution in [0.3, 0.4) is 0 Å². The Morgan fingerprint density at radius 3 is 2.17 bits per heavy atom. The van der Waals surface area contributed by atoms with Gasteiger partial charge in [0.1, 0.15) is 0 Å². The third-order valence-electron chi connectivity index (χ3n) is 1.85. The van der Waals surface area contributed by atoms with E-state index in [1.54, 1.807) is 14.2 Å². The van der Waals surface area contributed by atoms with Crippen LogP contribution in [0.2, 0.25) is 0 Å². The van der Waals surface area contributed by atoms with E-state index in [0.717, 1.165) is 6.42 Å². The number of methoxy groups -OCH3 is 2. The molecule has 0 spiro atoms. The lowest BCUT2D eigenvalue weighted by molar-refractivity contribution is -0.0848. The van der Waals surface area contributed by atoms with Crippen LogP contribution in [0.25, 0.3) is 0 Å². The zero-order valence-electron chi connectivity index (χ0n) is 8.20. The normalized spacial score (nSPS) is 16.4. The lowest BCUT2D eigenvalue weighted by Gasteiger charge is -2.15. The van der Waals surface area contributed by atoms with E-state index < -0.39 is 10.8 Å². The molecule has 0 saturated carbocycles. The highest BCUT2D eigenvalue weighted by Gasteiger charge is 2.14. The van der Waals surface area contributed by atoms with E-state index >= 15 is 0 Å². The van der Waals surface area contributed by atoms with Gasteiger partial charge in [-0.2, -0.15) is 0 Å². The zero-order valence-corrected chi connectivity index (χ0v) is 9.02. The van der Waals surface area contributed by atoms with E-state index in [1.807, 2.05) is 13.8 Å². The number of rotatable bonds is 6. The van der Waals surface area contributed by atoms with Gasteiger partial charge in [0.05, 0.1) is 5.75 Å². The highest BCUT2D eigenvalue weighted by molar-refractivity contribution is 7.85. The molecule has 3 nitrogen and oxygen atoms in total. The molecule has 0 aromatic carbocycles. The van der Waals surface area contributed by atoms with E-state index in [1.165, 1.54) is 0 Å².